The highest BCUT2D eigenvalue weighted by molar-refractivity contribution is 5.23. The normalized spacial score (nSPS) is 25.2. The van der Waals surface area contributed by atoms with Crippen LogP contribution in [0.25, 0.3) is 0 Å². The Morgan fingerprint density at radius 2 is 1.95 bits per heavy atom. The van der Waals surface area contributed by atoms with Gasteiger partial charge in [-0.3, -0.25) is 0 Å². The fourth-order valence-corrected chi connectivity index (χ4v) is 2.39. The molecule has 0 spiro atoms. The van der Waals surface area contributed by atoms with Gasteiger partial charge in [-0.05, 0) is 43.7 Å². The third-order valence-corrected chi connectivity index (χ3v) is 3.52. The summed E-state index contributed by atoms with van der Waals surface area (Å²) in [5.41, 5.74) is 0. The Hall–Kier alpha value is -1.13. The van der Waals surface area contributed by atoms with Crippen LogP contribution in [0.15, 0.2) is 24.3 Å². The molecule has 3 atom stereocenters. The quantitative estimate of drug-likeness (QED) is 0.794. The van der Waals surface area contributed by atoms with E-state index in [-0.39, 0.29) is 18.0 Å². The first-order chi connectivity index (χ1) is 9.74. The zero-order valence-corrected chi connectivity index (χ0v) is 12.3. The van der Waals surface area contributed by atoms with Gasteiger partial charge in [-0.15, -0.1) is 0 Å². The van der Waals surface area contributed by atoms with E-state index in [1.807, 2.05) is 0 Å². The highest BCUT2D eigenvalue weighted by Gasteiger charge is 2.43. The summed E-state index contributed by atoms with van der Waals surface area (Å²) in [6.07, 6.45) is 3.19. The number of ether oxygens (including phenoxy) is 2. The first kappa shape index (κ1) is 15.3. The summed E-state index contributed by atoms with van der Waals surface area (Å²) in [7, 11) is 0. The molecule has 1 N–H and O–H groups in total. The average Bonchev–Trinajstić information content (AvgIpc) is 2.44. The van der Waals surface area contributed by atoms with E-state index in [0.717, 1.165) is 32.4 Å². The summed E-state index contributed by atoms with van der Waals surface area (Å²) in [5, 5.41) is 3.49. The third-order valence-electron chi connectivity index (χ3n) is 3.52. The van der Waals surface area contributed by atoms with Crippen LogP contribution < -0.4 is 10.1 Å². The second-order valence-corrected chi connectivity index (χ2v) is 5.24. The summed E-state index contributed by atoms with van der Waals surface area (Å²) in [6, 6.07) is 6.54. The molecular weight excluding hydrogens is 257 g/mol. The predicted molar refractivity (Wildman–Crippen MR) is 77.5 cm³/mol. The molecule has 0 aliphatic heterocycles. The van der Waals surface area contributed by atoms with E-state index in [4.69, 9.17) is 9.47 Å². The predicted octanol–water partition coefficient (Wildman–Crippen LogP) is 3.14. The van der Waals surface area contributed by atoms with Crippen molar-refractivity contribution < 1.29 is 13.9 Å². The Bertz CT molecular complexity index is 396. The molecule has 0 heterocycles. The van der Waals surface area contributed by atoms with Gasteiger partial charge in [0.1, 0.15) is 23.8 Å². The molecule has 1 aliphatic rings. The lowest BCUT2D eigenvalue weighted by Gasteiger charge is -2.44. The van der Waals surface area contributed by atoms with Crippen LogP contribution in [-0.2, 0) is 4.74 Å². The van der Waals surface area contributed by atoms with Crippen LogP contribution in [0, 0.1) is 5.82 Å². The van der Waals surface area contributed by atoms with Crippen LogP contribution in [0.1, 0.15) is 33.1 Å². The van der Waals surface area contributed by atoms with Gasteiger partial charge in [-0.25, -0.2) is 4.39 Å². The summed E-state index contributed by atoms with van der Waals surface area (Å²) in [6.45, 7) is 6.00. The minimum Gasteiger partial charge on any atom is -0.488 e. The molecule has 0 aromatic heterocycles. The van der Waals surface area contributed by atoms with Gasteiger partial charge >= 0.3 is 0 Å². The molecule has 112 valence electrons. The van der Waals surface area contributed by atoms with Crippen LogP contribution in [-0.4, -0.2) is 31.4 Å². The van der Waals surface area contributed by atoms with E-state index >= 15 is 0 Å². The molecule has 20 heavy (non-hydrogen) atoms. The number of hydrogen-bond donors (Lipinski definition) is 1. The van der Waals surface area contributed by atoms with Crippen LogP contribution in [0.2, 0.25) is 0 Å². The SMILES string of the molecule is CCCNC1CC(Oc2ccc(F)cc2)C1OCCC. The Kier molecular flexibility index (Phi) is 5.80. The molecule has 3 unspecified atom stereocenters. The Morgan fingerprint density at radius 3 is 2.60 bits per heavy atom. The van der Waals surface area contributed by atoms with Crippen LogP contribution in [0.5, 0.6) is 5.75 Å². The van der Waals surface area contributed by atoms with Crippen LogP contribution >= 0.6 is 0 Å². The largest absolute Gasteiger partial charge is 0.488 e. The van der Waals surface area contributed by atoms with Gasteiger partial charge in [-0.1, -0.05) is 13.8 Å². The van der Waals surface area contributed by atoms with Crippen LogP contribution in [0.3, 0.4) is 0 Å². The van der Waals surface area contributed by atoms with Crippen molar-refractivity contribution in [3.63, 3.8) is 0 Å². The summed E-state index contributed by atoms with van der Waals surface area (Å²) in [4.78, 5) is 0. The Balaban J connectivity index is 1.88. The first-order valence-electron chi connectivity index (χ1n) is 7.51. The molecule has 0 saturated heterocycles. The van der Waals surface area contributed by atoms with E-state index in [2.05, 4.69) is 19.2 Å². The molecule has 0 radical (unpaired) electrons. The lowest BCUT2D eigenvalue weighted by Crippen LogP contribution is -2.61. The fraction of sp³-hybridized carbons (Fsp3) is 0.625. The molecule has 1 aromatic rings. The number of rotatable bonds is 8. The minimum absolute atomic E-state index is 0.0568. The zero-order chi connectivity index (χ0) is 14.4. The van der Waals surface area contributed by atoms with Gasteiger partial charge in [-0.2, -0.15) is 0 Å². The van der Waals surface area contributed by atoms with Crippen molar-refractivity contribution in [2.24, 2.45) is 0 Å². The monoisotopic (exact) mass is 281 g/mol. The van der Waals surface area contributed by atoms with Gasteiger partial charge < -0.3 is 14.8 Å². The number of benzene rings is 1. The molecule has 0 amide bonds. The molecule has 1 aromatic carbocycles. The average molecular weight is 281 g/mol. The molecular formula is C16H24FNO2. The molecule has 0 bridgehead atoms. The van der Waals surface area contributed by atoms with E-state index in [9.17, 15) is 4.39 Å². The van der Waals surface area contributed by atoms with Gasteiger partial charge in [0.2, 0.25) is 0 Å². The van der Waals surface area contributed by atoms with E-state index in [1.54, 1.807) is 12.1 Å². The molecule has 1 saturated carbocycles. The van der Waals surface area contributed by atoms with Crippen LogP contribution in [0.4, 0.5) is 4.39 Å². The second-order valence-electron chi connectivity index (χ2n) is 5.24. The van der Waals surface area contributed by atoms with E-state index in [0.29, 0.717) is 11.8 Å². The highest BCUT2D eigenvalue weighted by atomic mass is 19.1. The summed E-state index contributed by atoms with van der Waals surface area (Å²) >= 11 is 0. The maximum Gasteiger partial charge on any atom is 0.128 e. The Labute approximate surface area is 120 Å². The molecule has 4 heteroatoms. The second kappa shape index (κ2) is 7.60. The fourth-order valence-electron chi connectivity index (χ4n) is 2.39. The topological polar surface area (TPSA) is 30.5 Å². The van der Waals surface area contributed by atoms with E-state index in [1.165, 1.54) is 12.1 Å². The van der Waals surface area contributed by atoms with Gasteiger partial charge in [0, 0.05) is 19.1 Å². The molecule has 1 aliphatic carbocycles. The number of hydrogen-bond acceptors (Lipinski definition) is 3. The van der Waals surface area contributed by atoms with Gasteiger partial charge in [0.05, 0.1) is 0 Å². The lowest BCUT2D eigenvalue weighted by atomic mass is 9.85. The van der Waals surface area contributed by atoms with Crippen molar-refractivity contribution >= 4 is 0 Å². The highest BCUT2D eigenvalue weighted by Crippen LogP contribution is 2.29. The van der Waals surface area contributed by atoms with Gasteiger partial charge in [0.15, 0.2) is 0 Å². The molecule has 3 nitrogen and oxygen atoms in total. The van der Waals surface area contributed by atoms with E-state index < -0.39 is 0 Å². The van der Waals surface area contributed by atoms with Crippen molar-refractivity contribution in [2.75, 3.05) is 13.2 Å². The first-order valence-corrected chi connectivity index (χ1v) is 7.51. The maximum absolute atomic E-state index is 12.9. The standard InChI is InChI=1S/C16H24FNO2/c1-3-9-18-14-11-15(16(14)19-10-4-2)20-13-7-5-12(17)6-8-13/h5-8,14-16,18H,3-4,9-11H2,1-2H3. The number of nitrogens with one attached hydrogen (secondary N) is 1. The zero-order valence-electron chi connectivity index (χ0n) is 12.3. The maximum atomic E-state index is 12.9. The van der Waals surface area contributed by atoms with Crippen molar-refractivity contribution in [2.45, 2.75) is 51.4 Å². The Morgan fingerprint density at radius 1 is 1.20 bits per heavy atom. The molecule has 2 rings (SSSR count). The number of halogens is 1. The van der Waals surface area contributed by atoms with Crippen molar-refractivity contribution in [1.82, 2.24) is 5.32 Å². The van der Waals surface area contributed by atoms with Gasteiger partial charge in [0.25, 0.3) is 0 Å². The molecule has 1 fully saturated rings. The third kappa shape index (κ3) is 3.93. The summed E-state index contributed by atoms with van der Waals surface area (Å²) in [5.74, 6) is 0.461. The van der Waals surface area contributed by atoms with Crippen molar-refractivity contribution in [3.8, 4) is 5.75 Å². The summed E-state index contributed by atoms with van der Waals surface area (Å²) < 4.78 is 24.7. The van der Waals surface area contributed by atoms with Crippen molar-refractivity contribution in [3.05, 3.63) is 30.1 Å². The lowest BCUT2D eigenvalue weighted by molar-refractivity contribution is -0.107. The van der Waals surface area contributed by atoms with Crippen molar-refractivity contribution in [1.29, 1.82) is 0 Å². The minimum atomic E-state index is -0.243. The smallest absolute Gasteiger partial charge is 0.128 e.